The Labute approximate surface area is 562 Å². The van der Waals surface area contributed by atoms with Crippen LogP contribution < -0.4 is 0 Å². The number of unbranched alkanes of at least 4 members (excludes halogenated alkanes) is 35. The van der Waals surface area contributed by atoms with Crippen LogP contribution in [0.1, 0.15) is 364 Å². The van der Waals surface area contributed by atoms with E-state index in [0.717, 1.165) is 114 Å². The third-order valence-electron chi connectivity index (χ3n) is 17.2. The van der Waals surface area contributed by atoms with Gasteiger partial charge in [-0.25, -0.2) is 9.13 Å². The number of aliphatic hydroxyl groups is 1. The molecule has 0 fully saturated rings. The molecular formula is C73H142O17P2. The first-order valence-electron chi connectivity index (χ1n) is 37.7. The molecule has 92 heavy (non-hydrogen) atoms. The van der Waals surface area contributed by atoms with Crippen LogP contribution in [-0.2, 0) is 65.4 Å². The van der Waals surface area contributed by atoms with Gasteiger partial charge in [-0.3, -0.25) is 37.3 Å². The number of carbonyl (C=O) groups is 4. The maximum absolute atomic E-state index is 13.0. The van der Waals surface area contributed by atoms with Crippen LogP contribution in [0.2, 0.25) is 0 Å². The van der Waals surface area contributed by atoms with Crippen LogP contribution in [0.4, 0.5) is 0 Å². The summed E-state index contributed by atoms with van der Waals surface area (Å²) >= 11 is 0. The van der Waals surface area contributed by atoms with E-state index in [0.29, 0.717) is 25.7 Å². The van der Waals surface area contributed by atoms with E-state index in [1.54, 1.807) is 0 Å². The number of hydrogen-bond acceptors (Lipinski definition) is 15. The van der Waals surface area contributed by atoms with Gasteiger partial charge in [-0.15, -0.1) is 0 Å². The Bertz CT molecular complexity index is 1820. The number of phosphoric ester groups is 2. The summed E-state index contributed by atoms with van der Waals surface area (Å²) in [6, 6.07) is 0. The van der Waals surface area contributed by atoms with Crippen LogP contribution in [-0.4, -0.2) is 96.7 Å². The fourth-order valence-electron chi connectivity index (χ4n) is 11.0. The second-order valence-electron chi connectivity index (χ2n) is 28.0. The molecule has 0 amide bonds. The Morgan fingerprint density at radius 1 is 0.304 bits per heavy atom. The minimum Gasteiger partial charge on any atom is -0.462 e. The molecule has 6 atom stereocenters. The van der Waals surface area contributed by atoms with Crippen LogP contribution >= 0.6 is 15.6 Å². The van der Waals surface area contributed by atoms with Crippen LogP contribution in [0.3, 0.4) is 0 Å². The van der Waals surface area contributed by atoms with Gasteiger partial charge >= 0.3 is 39.5 Å². The molecule has 19 heteroatoms. The van der Waals surface area contributed by atoms with Gasteiger partial charge in [-0.05, 0) is 49.4 Å². The van der Waals surface area contributed by atoms with Crippen molar-refractivity contribution in [2.75, 3.05) is 39.6 Å². The van der Waals surface area contributed by atoms with Gasteiger partial charge in [0.1, 0.15) is 19.3 Å². The summed E-state index contributed by atoms with van der Waals surface area (Å²) in [5.74, 6) is 0.913. The van der Waals surface area contributed by atoms with Gasteiger partial charge < -0.3 is 33.8 Å². The molecule has 0 rings (SSSR count). The minimum absolute atomic E-state index is 0.105. The molecule has 0 aliphatic rings. The Balaban J connectivity index is 5.25. The molecule has 0 aliphatic carbocycles. The SMILES string of the molecule is CCC(C)CCCCCCCCCCC(=O)O[C@H](COC(=O)CCCCCCCCCCCCCCCC(C)C)COP(=O)(O)OCC(O)COP(=O)(O)OC[C@@H](COC(=O)CCCCCCCCCCC(C)C)OC(=O)CCCCCCCCCCCCC(C)C. The van der Waals surface area contributed by atoms with Crippen LogP contribution in [0.5, 0.6) is 0 Å². The third kappa shape index (κ3) is 65.4. The zero-order valence-corrected chi connectivity index (χ0v) is 62.0. The summed E-state index contributed by atoms with van der Waals surface area (Å²) < 4.78 is 68.4. The van der Waals surface area contributed by atoms with Crippen molar-refractivity contribution in [2.24, 2.45) is 23.7 Å². The zero-order valence-electron chi connectivity index (χ0n) is 60.2. The van der Waals surface area contributed by atoms with Crippen molar-refractivity contribution in [1.82, 2.24) is 0 Å². The lowest BCUT2D eigenvalue weighted by Crippen LogP contribution is -2.30. The largest absolute Gasteiger partial charge is 0.472 e. The maximum Gasteiger partial charge on any atom is 0.472 e. The fourth-order valence-corrected chi connectivity index (χ4v) is 12.6. The van der Waals surface area contributed by atoms with E-state index < -0.39 is 97.5 Å². The summed E-state index contributed by atoms with van der Waals surface area (Å²) in [4.78, 5) is 72.7. The molecule has 0 aromatic carbocycles. The number of rotatable bonds is 70. The van der Waals surface area contributed by atoms with E-state index in [2.05, 4.69) is 55.4 Å². The average Bonchev–Trinajstić information content (AvgIpc) is 3.69. The molecule has 4 unspecified atom stereocenters. The van der Waals surface area contributed by atoms with E-state index in [1.165, 1.54) is 167 Å². The molecule has 0 aromatic rings. The molecule has 0 aliphatic heterocycles. The first kappa shape index (κ1) is 90.1. The quantitative estimate of drug-likeness (QED) is 0.0222. The number of ether oxygens (including phenoxy) is 4. The van der Waals surface area contributed by atoms with Crippen molar-refractivity contribution in [3.63, 3.8) is 0 Å². The third-order valence-corrected chi connectivity index (χ3v) is 19.1. The van der Waals surface area contributed by atoms with E-state index in [-0.39, 0.29) is 25.7 Å². The highest BCUT2D eigenvalue weighted by Crippen LogP contribution is 2.45. The maximum atomic E-state index is 13.0. The molecule has 0 bridgehead atoms. The van der Waals surface area contributed by atoms with Crippen LogP contribution in [0.25, 0.3) is 0 Å². The molecular weight excluding hydrogens is 1210 g/mol. The Hall–Kier alpha value is -1.94. The highest BCUT2D eigenvalue weighted by Gasteiger charge is 2.30. The number of aliphatic hydroxyl groups excluding tert-OH is 1. The van der Waals surface area contributed by atoms with Crippen molar-refractivity contribution >= 4 is 39.5 Å². The molecule has 17 nitrogen and oxygen atoms in total. The highest BCUT2D eigenvalue weighted by atomic mass is 31.2. The lowest BCUT2D eigenvalue weighted by atomic mass is 9.99. The van der Waals surface area contributed by atoms with Gasteiger partial charge in [0.05, 0.1) is 26.4 Å². The van der Waals surface area contributed by atoms with Crippen molar-refractivity contribution in [1.29, 1.82) is 0 Å². The van der Waals surface area contributed by atoms with E-state index in [1.807, 2.05) is 0 Å². The van der Waals surface area contributed by atoms with E-state index in [9.17, 15) is 43.2 Å². The molecule has 0 heterocycles. The first-order chi connectivity index (χ1) is 44.1. The monoisotopic (exact) mass is 1350 g/mol. The van der Waals surface area contributed by atoms with Gasteiger partial charge in [0.25, 0.3) is 0 Å². The second kappa shape index (κ2) is 62.6. The number of carbonyl (C=O) groups excluding carboxylic acids is 4. The van der Waals surface area contributed by atoms with Gasteiger partial charge in [-0.1, -0.05) is 312 Å². The first-order valence-corrected chi connectivity index (χ1v) is 40.7. The lowest BCUT2D eigenvalue weighted by molar-refractivity contribution is -0.161. The predicted octanol–water partition coefficient (Wildman–Crippen LogP) is 20.9. The Kier molecular flexibility index (Phi) is 61.3. The van der Waals surface area contributed by atoms with E-state index >= 15 is 0 Å². The summed E-state index contributed by atoms with van der Waals surface area (Å²) in [6.07, 6.45) is 45.8. The standard InChI is InChI=1S/C73H142O17P2/c1-9-66(8)52-44-36-28-22-24-32-40-48-56-73(78)90-69(59-83-70(75)53-45-37-29-19-14-12-10-11-13-17-25-33-41-49-63(2)3)62-88-92(81,82)86-58-67(74)57-85-91(79,80)87-61-68(60-84-71(76)54-46-38-30-23-21-27-35-43-51-65(6)7)89-72(77)55-47-39-31-20-16-15-18-26-34-42-50-64(4)5/h63-69,74H,9-62H2,1-8H3,(H,79,80)(H,81,82)/t66?,67?,68-,69-/m1/s1. The molecule has 0 saturated carbocycles. The minimum atomic E-state index is -4.96. The van der Waals surface area contributed by atoms with Crippen molar-refractivity contribution < 1.29 is 80.2 Å². The number of hydrogen-bond donors (Lipinski definition) is 3. The summed E-state index contributed by atoms with van der Waals surface area (Å²) in [7, 11) is -9.91. The van der Waals surface area contributed by atoms with Crippen molar-refractivity contribution in [3.05, 3.63) is 0 Å². The number of esters is 4. The normalized spacial score (nSPS) is 14.5. The summed E-state index contributed by atoms with van der Waals surface area (Å²) in [6.45, 7) is 14.1. The van der Waals surface area contributed by atoms with Crippen LogP contribution in [0, 0.1) is 23.7 Å². The van der Waals surface area contributed by atoms with Crippen LogP contribution in [0.15, 0.2) is 0 Å². The van der Waals surface area contributed by atoms with Gasteiger partial charge in [0.15, 0.2) is 12.2 Å². The highest BCUT2D eigenvalue weighted by molar-refractivity contribution is 7.47. The molecule has 0 saturated heterocycles. The zero-order chi connectivity index (χ0) is 68.2. The topological polar surface area (TPSA) is 237 Å². The lowest BCUT2D eigenvalue weighted by Gasteiger charge is -2.21. The van der Waals surface area contributed by atoms with Gasteiger partial charge in [0.2, 0.25) is 0 Å². The van der Waals surface area contributed by atoms with Crippen molar-refractivity contribution in [3.8, 4) is 0 Å². The molecule has 0 spiro atoms. The molecule has 0 radical (unpaired) electrons. The number of phosphoric acid groups is 2. The molecule has 546 valence electrons. The second-order valence-corrected chi connectivity index (χ2v) is 30.9. The summed E-state index contributed by atoms with van der Waals surface area (Å²) in [5.41, 5.74) is 0. The summed E-state index contributed by atoms with van der Waals surface area (Å²) in [5, 5.41) is 10.6. The predicted molar refractivity (Wildman–Crippen MR) is 372 cm³/mol. The van der Waals surface area contributed by atoms with E-state index in [4.69, 9.17) is 37.0 Å². The van der Waals surface area contributed by atoms with Crippen molar-refractivity contribution in [2.45, 2.75) is 382 Å². The average molecular weight is 1350 g/mol. The van der Waals surface area contributed by atoms with Gasteiger partial charge in [0, 0.05) is 25.7 Å². The Morgan fingerprint density at radius 2 is 0.522 bits per heavy atom. The smallest absolute Gasteiger partial charge is 0.462 e. The fraction of sp³-hybridized carbons (Fsp3) is 0.945. The Morgan fingerprint density at radius 3 is 0.772 bits per heavy atom. The van der Waals surface area contributed by atoms with Gasteiger partial charge in [-0.2, -0.15) is 0 Å². The molecule has 0 aromatic heterocycles. The molecule has 3 N–H and O–H groups in total.